The molecule has 1 unspecified atom stereocenters. The second-order valence-corrected chi connectivity index (χ2v) is 7.85. The molecule has 0 radical (unpaired) electrons. The van der Waals surface area contributed by atoms with Gasteiger partial charge in [-0.1, -0.05) is 32.9 Å². The van der Waals surface area contributed by atoms with Gasteiger partial charge >= 0.3 is 0 Å². The van der Waals surface area contributed by atoms with Crippen molar-refractivity contribution in [3.8, 4) is 0 Å². The molecule has 2 rings (SSSR count). The highest BCUT2D eigenvalue weighted by Gasteiger charge is 2.24. The van der Waals surface area contributed by atoms with Crippen molar-refractivity contribution < 1.29 is 17.9 Å². The molecule has 0 amide bonds. The monoisotopic (exact) mass is 337 g/mol. The molecule has 2 aromatic rings. The first-order chi connectivity index (χ1) is 10.8. The summed E-state index contributed by atoms with van der Waals surface area (Å²) >= 11 is 0. The molecule has 0 saturated carbocycles. The maximum atomic E-state index is 12.5. The van der Waals surface area contributed by atoms with Crippen LogP contribution in [-0.4, -0.2) is 20.1 Å². The first-order valence-electron chi connectivity index (χ1n) is 7.57. The maximum absolute atomic E-state index is 12.5. The minimum absolute atomic E-state index is 0.00246. The van der Waals surface area contributed by atoms with Crippen LogP contribution in [0.5, 0.6) is 0 Å². The minimum Gasteiger partial charge on any atom is -0.468 e. The summed E-state index contributed by atoms with van der Waals surface area (Å²) in [7, 11) is -3.74. The van der Waals surface area contributed by atoms with Crippen molar-refractivity contribution in [3.63, 3.8) is 0 Å². The fourth-order valence-corrected chi connectivity index (χ4v) is 3.42. The number of sulfonamides is 1. The molecule has 126 valence electrons. The normalized spacial score (nSPS) is 13.9. The molecule has 0 aliphatic heterocycles. The van der Waals surface area contributed by atoms with Gasteiger partial charge in [0, 0.05) is 0 Å². The van der Waals surface area contributed by atoms with Crippen LogP contribution in [0.1, 0.15) is 44.6 Å². The molecule has 6 heteroatoms. The number of hydrogen-bond acceptors (Lipinski definition) is 4. The van der Waals surface area contributed by atoms with Crippen molar-refractivity contribution in [2.24, 2.45) is 0 Å². The lowest BCUT2D eigenvalue weighted by Gasteiger charge is -2.23. The highest BCUT2D eigenvalue weighted by atomic mass is 32.2. The summed E-state index contributed by atoms with van der Waals surface area (Å²) in [5, 5.41) is 9.40. The lowest BCUT2D eigenvalue weighted by atomic mass is 9.82. The van der Waals surface area contributed by atoms with Crippen LogP contribution in [-0.2, 0) is 15.4 Å². The standard InChI is InChI=1S/C17H23NO4S/c1-4-17(2,3)13-7-9-14(10-8-13)23(20,21)18-15(12-19)16-6-5-11-22-16/h5-11,15,18-19H,4,12H2,1-3H3. The Balaban J connectivity index is 2.23. The van der Waals surface area contributed by atoms with Crippen LogP contribution in [0.15, 0.2) is 52.0 Å². The zero-order valence-corrected chi connectivity index (χ0v) is 14.4. The SMILES string of the molecule is CCC(C)(C)c1ccc(S(=O)(=O)NC(CO)c2ccco2)cc1. The van der Waals surface area contributed by atoms with Crippen LogP contribution in [0.25, 0.3) is 0 Å². The summed E-state index contributed by atoms with van der Waals surface area (Å²) in [4.78, 5) is 0.165. The van der Waals surface area contributed by atoms with Crippen molar-refractivity contribution in [1.29, 1.82) is 0 Å². The molecule has 23 heavy (non-hydrogen) atoms. The summed E-state index contributed by atoms with van der Waals surface area (Å²) in [6.07, 6.45) is 2.40. The number of aliphatic hydroxyl groups excluding tert-OH is 1. The fourth-order valence-electron chi connectivity index (χ4n) is 2.22. The molecule has 0 aliphatic rings. The average molecular weight is 337 g/mol. The summed E-state index contributed by atoms with van der Waals surface area (Å²) in [6, 6.07) is 9.31. The molecular formula is C17H23NO4S. The molecule has 0 saturated heterocycles. The molecule has 2 N–H and O–H groups in total. The van der Waals surface area contributed by atoms with Gasteiger partial charge in [-0.25, -0.2) is 8.42 Å². The van der Waals surface area contributed by atoms with E-state index >= 15 is 0 Å². The van der Waals surface area contributed by atoms with Gasteiger partial charge in [-0.05, 0) is 41.7 Å². The topological polar surface area (TPSA) is 79.5 Å². The van der Waals surface area contributed by atoms with E-state index in [9.17, 15) is 13.5 Å². The van der Waals surface area contributed by atoms with E-state index in [-0.39, 0.29) is 16.9 Å². The average Bonchev–Trinajstić information content (AvgIpc) is 3.07. The van der Waals surface area contributed by atoms with Gasteiger partial charge in [0.15, 0.2) is 0 Å². The Hall–Kier alpha value is -1.63. The van der Waals surface area contributed by atoms with Crippen LogP contribution in [0, 0.1) is 0 Å². The largest absolute Gasteiger partial charge is 0.468 e. The van der Waals surface area contributed by atoms with E-state index in [0.29, 0.717) is 5.76 Å². The Kier molecular flexibility index (Phi) is 5.29. The van der Waals surface area contributed by atoms with Gasteiger partial charge < -0.3 is 9.52 Å². The number of furan rings is 1. The number of aliphatic hydroxyl groups is 1. The van der Waals surface area contributed by atoms with Crippen molar-refractivity contribution >= 4 is 10.0 Å². The third-order valence-electron chi connectivity index (χ3n) is 4.20. The molecule has 5 nitrogen and oxygen atoms in total. The molecule has 1 aromatic carbocycles. The molecule has 0 spiro atoms. The van der Waals surface area contributed by atoms with Gasteiger partial charge in [0.1, 0.15) is 11.8 Å². The van der Waals surface area contributed by atoms with E-state index in [1.165, 1.54) is 6.26 Å². The second-order valence-electron chi connectivity index (χ2n) is 6.13. The van der Waals surface area contributed by atoms with E-state index < -0.39 is 16.1 Å². The molecule has 1 aromatic heterocycles. The Bertz CT molecular complexity index is 718. The predicted molar refractivity (Wildman–Crippen MR) is 88.6 cm³/mol. The lowest BCUT2D eigenvalue weighted by molar-refractivity contribution is 0.242. The zero-order valence-electron chi connectivity index (χ0n) is 13.6. The number of hydrogen-bond donors (Lipinski definition) is 2. The van der Waals surface area contributed by atoms with Crippen LogP contribution in [0.3, 0.4) is 0 Å². The van der Waals surface area contributed by atoms with Crippen LogP contribution < -0.4 is 4.72 Å². The first-order valence-corrected chi connectivity index (χ1v) is 9.05. The van der Waals surface area contributed by atoms with Gasteiger partial charge in [0.2, 0.25) is 10.0 Å². The minimum atomic E-state index is -3.74. The Morgan fingerprint density at radius 3 is 2.35 bits per heavy atom. The fraction of sp³-hybridized carbons (Fsp3) is 0.412. The van der Waals surface area contributed by atoms with Crippen molar-refractivity contribution in [1.82, 2.24) is 4.72 Å². The molecule has 1 heterocycles. The van der Waals surface area contributed by atoms with E-state index in [2.05, 4.69) is 25.5 Å². The Morgan fingerprint density at radius 1 is 1.22 bits per heavy atom. The van der Waals surface area contributed by atoms with Crippen molar-refractivity contribution in [3.05, 3.63) is 54.0 Å². The zero-order chi connectivity index (χ0) is 17.1. The van der Waals surface area contributed by atoms with Crippen LogP contribution in [0.4, 0.5) is 0 Å². The molecule has 1 atom stereocenters. The first kappa shape index (κ1) is 17.7. The van der Waals surface area contributed by atoms with Crippen molar-refractivity contribution in [2.45, 2.75) is 43.5 Å². The highest BCUT2D eigenvalue weighted by Crippen LogP contribution is 2.27. The summed E-state index contributed by atoms with van der Waals surface area (Å²) in [5.74, 6) is 0.375. The second kappa shape index (κ2) is 6.86. The highest BCUT2D eigenvalue weighted by molar-refractivity contribution is 7.89. The number of nitrogens with one attached hydrogen (secondary N) is 1. The number of rotatable bonds is 7. The van der Waals surface area contributed by atoms with Gasteiger partial charge in [0.05, 0.1) is 17.8 Å². The van der Waals surface area contributed by atoms with Gasteiger partial charge in [-0.15, -0.1) is 0 Å². The summed E-state index contributed by atoms with van der Waals surface area (Å²) in [6.45, 7) is 5.95. The third-order valence-corrected chi connectivity index (χ3v) is 5.68. The Labute approximate surface area is 137 Å². The maximum Gasteiger partial charge on any atom is 0.241 e. The van der Waals surface area contributed by atoms with Gasteiger partial charge in [0.25, 0.3) is 0 Å². The van der Waals surface area contributed by atoms with Crippen molar-refractivity contribution in [2.75, 3.05) is 6.61 Å². The molecular weight excluding hydrogens is 314 g/mol. The van der Waals surface area contributed by atoms with Gasteiger partial charge in [-0.2, -0.15) is 4.72 Å². The predicted octanol–water partition coefficient (Wildman–Crippen LogP) is 2.98. The van der Waals surface area contributed by atoms with E-state index in [1.54, 1.807) is 24.3 Å². The summed E-state index contributed by atoms with van der Waals surface area (Å²) in [5.41, 5.74) is 1.08. The van der Waals surface area contributed by atoms with E-state index in [0.717, 1.165) is 12.0 Å². The molecule has 0 fully saturated rings. The van der Waals surface area contributed by atoms with Crippen LogP contribution >= 0.6 is 0 Å². The van der Waals surface area contributed by atoms with E-state index in [1.807, 2.05) is 12.1 Å². The quantitative estimate of drug-likeness (QED) is 0.814. The Morgan fingerprint density at radius 2 is 1.87 bits per heavy atom. The molecule has 0 aliphatic carbocycles. The third kappa shape index (κ3) is 4.02. The smallest absolute Gasteiger partial charge is 0.241 e. The molecule has 0 bridgehead atoms. The van der Waals surface area contributed by atoms with E-state index in [4.69, 9.17) is 4.42 Å². The van der Waals surface area contributed by atoms with Crippen LogP contribution in [0.2, 0.25) is 0 Å². The van der Waals surface area contributed by atoms with Gasteiger partial charge in [-0.3, -0.25) is 0 Å². The lowest BCUT2D eigenvalue weighted by Crippen LogP contribution is -2.30. The number of benzene rings is 1. The summed E-state index contributed by atoms with van der Waals surface area (Å²) < 4.78 is 32.5.